The Balaban J connectivity index is 1.69. The number of fused-ring (bicyclic) bond motifs is 1. The van der Waals surface area contributed by atoms with Gasteiger partial charge in [0.1, 0.15) is 24.2 Å². The molecule has 0 saturated carbocycles. The van der Waals surface area contributed by atoms with Crippen LogP contribution in [0.25, 0.3) is 11.2 Å². The zero-order valence-corrected chi connectivity index (χ0v) is 14.7. The van der Waals surface area contributed by atoms with Crippen LogP contribution in [0.5, 0.6) is 0 Å². The third-order valence-electron chi connectivity index (χ3n) is 3.51. The predicted molar refractivity (Wildman–Crippen MR) is 83.2 cm³/mol. The molecule has 3 rings (SSSR count). The van der Waals surface area contributed by atoms with Crippen molar-refractivity contribution in [2.24, 2.45) is 0 Å². The van der Waals surface area contributed by atoms with E-state index in [2.05, 4.69) is 23.8 Å². The molecule has 0 aromatic carbocycles. The third kappa shape index (κ3) is 4.26. The summed E-state index contributed by atoms with van der Waals surface area (Å²) in [5.41, 5.74) is 6.41. The fraction of sp³-hybridized carbons (Fsp3) is 0.500. The number of hydrogen-bond acceptors (Lipinski definition) is 10. The Hall–Kier alpha value is -1.47. The van der Waals surface area contributed by atoms with Crippen LogP contribution in [0.2, 0.25) is 0 Å². The van der Waals surface area contributed by atoms with Crippen LogP contribution in [-0.4, -0.2) is 58.1 Å². The molecular formula is C10H15N5O9P2. The number of aromatic nitrogens is 4. The number of ether oxygens (including phenoxy) is 1. The highest BCUT2D eigenvalue weighted by atomic mass is 31.3. The number of nitrogens with two attached hydrogens (primary N) is 1. The van der Waals surface area contributed by atoms with Gasteiger partial charge < -0.3 is 30.3 Å². The number of aliphatic hydroxyl groups excluding tert-OH is 1. The molecule has 1 unspecified atom stereocenters. The van der Waals surface area contributed by atoms with E-state index in [-0.39, 0.29) is 12.2 Å². The average molecular weight is 411 g/mol. The molecule has 0 amide bonds. The van der Waals surface area contributed by atoms with Crippen LogP contribution >= 0.6 is 15.6 Å². The van der Waals surface area contributed by atoms with Gasteiger partial charge in [-0.25, -0.2) is 24.1 Å². The van der Waals surface area contributed by atoms with Crippen molar-refractivity contribution < 1.29 is 42.5 Å². The lowest BCUT2D eigenvalue weighted by molar-refractivity contribution is -0.0423. The van der Waals surface area contributed by atoms with E-state index in [1.54, 1.807) is 0 Å². The highest BCUT2D eigenvalue weighted by Gasteiger charge is 2.39. The van der Waals surface area contributed by atoms with Gasteiger partial charge in [-0.3, -0.25) is 9.09 Å². The van der Waals surface area contributed by atoms with Crippen molar-refractivity contribution in [3.8, 4) is 0 Å². The van der Waals surface area contributed by atoms with E-state index in [0.717, 1.165) is 0 Å². The molecular weight excluding hydrogens is 396 g/mol. The number of hydrogen-bond donors (Lipinski definition) is 5. The van der Waals surface area contributed by atoms with E-state index >= 15 is 0 Å². The van der Waals surface area contributed by atoms with Gasteiger partial charge in [0, 0.05) is 6.42 Å². The van der Waals surface area contributed by atoms with Crippen molar-refractivity contribution in [1.29, 1.82) is 0 Å². The Morgan fingerprint density at radius 1 is 1.31 bits per heavy atom. The normalized spacial score (nSPS) is 26.2. The van der Waals surface area contributed by atoms with E-state index < -0.39 is 40.7 Å². The molecule has 6 N–H and O–H groups in total. The average Bonchev–Trinajstić information content (AvgIpc) is 3.07. The van der Waals surface area contributed by atoms with E-state index in [0.29, 0.717) is 11.2 Å². The zero-order chi connectivity index (χ0) is 19.1. The minimum Gasteiger partial charge on any atom is -0.390 e. The lowest BCUT2D eigenvalue weighted by Gasteiger charge is -2.18. The second kappa shape index (κ2) is 6.93. The summed E-state index contributed by atoms with van der Waals surface area (Å²) in [6.45, 7) is -0.644. The van der Waals surface area contributed by atoms with Gasteiger partial charge in [0.2, 0.25) is 0 Å². The molecule has 0 radical (unpaired) electrons. The Bertz CT molecular complexity index is 900. The molecule has 16 heteroatoms. The molecule has 0 spiro atoms. The maximum absolute atomic E-state index is 11.5. The number of aliphatic hydroxyl groups is 1. The van der Waals surface area contributed by atoms with Crippen molar-refractivity contribution in [2.45, 2.75) is 24.9 Å². The number of nitrogen functional groups attached to an aromatic ring is 1. The number of phosphoric ester groups is 1. The summed E-state index contributed by atoms with van der Waals surface area (Å²) in [5.74, 6) is 0.169. The first-order valence-electron chi connectivity index (χ1n) is 7.06. The highest BCUT2D eigenvalue weighted by molar-refractivity contribution is 7.60. The smallest absolute Gasteiger partial charge is 0.390 e. The second-order valence-electron chi connectivity index (χ2n) is 5.35. The van der Waals surface area contributed by atoms with Crippen LogP contribution < -0.4 is 5.73 Å². The molecule has 144 valence electrons. The van der Waals surface area contributed by atoms with Gasteiger partial charge in [0.05, 0.1) is 19.0 Å². The summed E-state index contributed by atoms with van der Waals surface area (Å²) in [4.78, 5) is 38.3. The summed E-state index contributed by atoms with van der Waals surface area (Å²) < 4.78 is 37.3. The van der Waals surface area contributed by atoms with Crippen molar-refractivity contribution in [3.05, 3.63) is 12.7 Å². The molecule has 1 saturated heterocycles. The lowest BCUT2D eigenvalue weighted by Crippen LogP contribution is -2.26. The van der Waals surface area contributed by atoms with Crippen LogP contribution in [0.1, 0.15) is 12.6 Å². The molecule has 2 aromatic heterocycles. The molecule has 0 bridgehead atoms. The largest absolute Gasteiger partial charge is 0.481 e. The topological polar surface area (TPSA) is 212 Å². The fourth-order valence-electron chi connectivity index (χ4n) is 2.44. The Morgan fingerprint density at radius 3 is 2.73 bits per heavy atom. The lowest BCUT2D eigenvalue weighted by atomic mass is 10.2. The molecule has 4 atom stereocenters. The SMILES string of the molecule is Nc1ncnc2c1ncn2[C@@H]1C[C@H](O)[C@@H](COP(=O)(O)OP(=O)(O)O)O1. The van der Waals surface area contributed by atoms with Crippen molar-refractivity contribution >= 4 is 32.6 Å². The summed E-state index contributed by atoms with van der Waals surface area (Å²) in [6.07, 6.45) is -0.158. The number of imidazole rings is 1. The summed E-state index contributed by atoms with van der Waals surface area (Å²) in [7, 11) is -10.3. The summed E-state index contributed by atoms with van der Waals surface area (Å²) >= 11 is 0. The number of nitrogens with zero attached hydrogens (tertiary/aromatic N) is 4. The number of phosphoric acid groups is 2. The maximum atomic E-state index is 11.5. The molecule has 0 aliphatic carbocycles. The number of rotatable bonds is 6. The Morgan fingerprint density at radius 2 is 2.04 bits per heavy atom. The van der Waals surface area contributed by atoms with Gasteiger partial charge in [-0.15, -0.1) is 0 Å². The maximum Gasteiger partial charge on any atom is 0.481 e. The van der Waals surface area contributed by atoms with Gasteiger partial charge in [-0.05, 0) is 0 Å². The predicted octanol–water partition coefficient (Wildman–Crippen LogP) is -0.717. The molecule has 1 fully saturated rings. The van der Waals surface area contributed by atoms with E-state index in [1.807, 2.05) is 0 Å². The zero-order valence-electron chi connectivity index (χ0n) is 12.9. The van der Waals surface area contributed by atoms with Gasteiger partial charge >= 0.3 is 15.6 Å². The van der Waals surface area contributed by atoms with Crippen LogP contribution in [-0.2, 0) is 22.7 Å². The van der Waals surface area contributed by atoms with Crippen LogP contribution in [0.4, 0.5) is 5.82 Å². The van der Waals surface area contributed by atoms with Crippen LogP contribution in [0.3, 0.4) is 0 Å². The third-order valence-corrected chi connectivity index (χ3v) is 5.66. The monoisotopic (exact) mass is 411 g/mol. The van der Waals surface area contributed by atoms with Crippen molar-refractivity contribution in [1.82, 2.24) is 19.5 Å². The first-order chi connectivity index (χ1) is 12.1. The first-order valence-corrected chi connectivity index (χ1v) is 10.1. The Kier molecular flexibility index (Phi) is 5.14. The Labute approximate surface area is 145 Å². The molecule has 26 heavy (non-hydrogen) atoms. The molecule has 14 nitrogen and oxygen atoms in total. The van der Waals surface area contributed by atoms with E-state index in [1.165, 1.54) is 17.2 Å². The van der Waals surface area contributed by atoms with Gasteiger partial charge in [0.25, 0.3) is 0 Å². The molecule has 1 aliphatic rings. The molecule has 2 aromatic rings. The summed E-state index contributed by atoms with van der Waals surface area (Å²) in [6, 6.07) is 0. The van der Waals surface area contributed by atoms with E-state index in [4.69, 9.17) is 20.3 Å². The van der Waals surface area contributed by atoms with Crippen molar-refractivity contribution in [2.75, 3.05) is 12.3 Å². The van der Waals surface area contributed by atoms with Crippen LogP contribution in [0.15, 0.2) is 12.7 Å². The highest BCUT2D eigenvalue weighted by Crippen LogP contribution is 2.57. The summed E-state index contributed by atoms with van der Waals surface area (Å²) in [5, 5.41) is 10.1. The quantitative estimate of drug-likeness (QED) is 0.372. The second-order valence-corrected chi connectivity index (χ2v) is 8.18. The van der Waals surface area contributed by atoms with Crippen molar-refractivity contribution in [3.63, 3.8) is 0 Å². The van der Waals surface area contributed by atoms with Gasteiger partial charge in [0.15, 0.2) is 11.5 Å². The molecule has 3 heterocycles. The fourth-order valence-corrected chi connectivity index (χ4v) is 4.04. The minimum absolute atomic E-state index is 0.0818. The number of anilines is 1. The van der Waals surface area contributed by atoms with E-state index in [9.17, 15) is 19.1 Å². The first kappa shape index (κ1) is 19.3. The molecule has 1 aliphatic heterocycles. The van der Waals surface area contributed by atoms with Gasteiger partial charge in [-0.1, -0.05) is 0 Å². The van der Waals surface area contributed by atoms with Gasteiger partial charge in [-0.2, -0.15) is 4.31 Å². The standard InChI is InChI=1S/C10H15N5O9P2/c11-9-8-10(13-3-12-9)15(4-14-8)7-1-5(16)6(23-7)2-22-26(20,21)24-25(17,18)19/h3-7,16H,1-2H2,(H,20,21)(H2,11,12,13)(H2,17,18,19)/t5-,6+,7-/m0/s1. The van der Waals surface area contributed by atoms with Crippen LogP contribution in [0, 0.1) is 0 Å². The minimum atomic E-state index is -5.23.